The molecule has 0 aliphatic heterocycles. The van der Waals surface area contributed by atoms with Gasteiger partial charge in [-0.25, -0.2) is 14.3 Å². The minimum atomic E-state index is -4.13. The molecule has 0 spiro atoms. The van der Waals surface area contributed by atoms with Gasteiger partial charge in [0.25, 0.3) is 0 Å². The van der Waals surface area contributed by atoms with Crippen molar-refractivity contribution in [1.29, 1.82) is 0 Å². The van der Waals surface area contributed by atoms with E-state index < -0.39 is 28.1 Å². The number of hydrogen-bond donors (Lipinski definition) is 2. The van der Waals surface area contributed by atoms with E-state index in [1.807, 2.05) is 51.1 Å². The van der Waals surface area contributed by atoms with Crippen LogP contribution in [0.2, 0.25) is 0 Å². The first kappa shape index (κ1) is 27.2. The van der Waals surface area contributed by atoms with E-state index in [1.165, 1.54) is 12.1 Å². The fourth-order valence-electron chi connectivity index (χ4n) is 5.50. The van der Waals surface area contributed by atoms with Crippen LogP contribution < -0.4 is 10.5 Å². The van der Waals surface area contributed by atoms with Gasteiger partial charge in [-0.2, -0.15) is 8.42 Å². The van der Waals surface area contributed by atoms with E-state index in [1.54, 1.807) is 12.3 Å². The highest BCUT2D eigenvalue weighted by molar-refractivity contribution is 7.84. The standard InChI is InChI=1S/C27H34FN3O5S/c1-27(2,3)35-26(32)31-22-10-11-23-19(14-22)15-25(36-37(29,33)34)24(23)12-9-21-8-7-18(16-30-21)17-5-4-6-20(28)13-17/h4-9,12-13,16,19,22-25H,10-11,14-15H2,1-3H3,(H,31,32)(H2,29,33,34)/t19-,22?,23+,24?,25-/m0/s1. The number of alkyl carbamates (subject to hydrolysis) is 1. The molecule has 1 aromatic carbocycles. The number of ether oxygens (including phenoxy) is 1. The molecule has 2 fully saturated rings. The van der Waals surface area contributed by atoms with Crippen molar-refractivity contribution < 1.29 is 26.5 Å². The van der Waals surface area contributed by atoms with Crippen molar-refractivity contribution >= 4 is 22.5 Å². The molecule has 10 heteroatoms. The number of rotatable bonds is 6. The van der Waals surface area contributed by atoms with Gasteiger partial charge in [0.1, 0.15) is 11.4 Å². The number of pyridine rings is 1. The van der Waals surface area contributed by atoms with Crippen molar-refractivity contribution in [2.75, 3.05) is 0 Å². The lowest BCUT2D eigenvalue weighted by Gasteiger charge is -2.34. The largest absolute Gasteiger partial charge is 0.444 e. The number of carbonyl (C=O) groups excluding carboxylic acids is 1. The van der Waals surface area contributed by atoms with Crippen molar-refractivity contribution in [1.82, 2.24) is 10.3 Å². The predicted octanol–water partition coefficient (Wildman–Crippen LogP) is 4.82. The number of fused-ring (bicyclic) bond motifs is 1. The summed E-state index contributed by atoms with van der Waals surface area (Å²) in [7, 11) is -4.13. The van der Waals surface area contributed by atoms with Crippen LogP contribution in [0.15, 0.2) is 48.7 Å². The molecule has 2 aromatic rings. The minimum absolute atomic E-state index is 0.0500. The van der Waals surface area contributed by atoms with Gasteiger partial charge in [0, 0.05) is 23.7 Å². The Bertz CT molecular complexity index is 1240. The molecule has 2 saturated carbocycles. The molecule has 8 nitrogen and oxygen atoms in total. The lowest BCUT2D eigenvalue weighted by Crippen LogP contribution is -2.42. The Morgan fingerprint density at radius 2 is 1.95 bits per heavy atom. The molecule has 4 rings (SSSR count). The molecule has 1 amide bonds. The highest BCUT2D eigenvalue weighted by Crippen LogP contribution is 2.48. The molecule has 0 bridgehead atoms. The Balaban J connectivity index is 1.46. The second-order valence-corrected chi connectivity index (χ2v) is 12.0. The maximum Gasteiger partial charge on any atom is 0.407 e. The van der Waals surface area contributed by atoms with E-state index >= 15 is 0 Å². The van der Waals surface area contributed by atoms with E-state index in [0.29, 0.717) is 18.5 Å². The summed E-state index contributed by atoms with van der Waals surface area (Å²) < 4.78 is 47.8. The molecule has 2 aliphatic rings. The van der Waals surface area contributed by atoms with E-state index in [-0.39, 0.29) is 29.6 Å². The molecule has 200 valence electrons. The fraction of sp³-hybridized carbons (Fsp3) is 0.481. The Morgan fingerprint density at radius 3 is 2.59 bits per heavy atom. The zero-order chi connectivity index (χ0) is 26.8. The summed E-state index contributed by atoms with van der Waals surface area (Å²) in [5.74, 6) is -0.130. The summed E-state index contributed by atoms with van der Waals surface area (Å²) in [5.41, 5.74) is 1.64. The van der Waals surface area contributed by atoms with Gasteiger partial charge in [0.15, 0.2) is 0 Å². The van der Waals surface area contributed by atoms with Crippen molar-refractivity contribution in [3.05, 3.63) is 60.2 Å². The van der Waals surface area contributed by atoms with Gasteiger partial charge >= 0.3 is 16.4 Å². The summed E-state index contributed by atoms with van der Waals surface area (Å²) in [5, 5.41) is 8.17. The van der Waals surface area contributed by atoms with Crippen LogP contribution in [0, 0.1) is 23.6 Å². The monoisotopic (exact) mass is 531 g/mol. The zero-order valence-electron chi connectivity index (χ0n) is 21.3. The summed E-state index contributed by atoms with van der Waals surface area (Å²) in [6.45, 7) is 5.45. The first-order chi connectivity index (χ1) is 17.4. The molecule has 2 unspecified atom stereocenters. The quantitative estimate of drug-likeness (QED) is 0.551. The average Bonchev–Trinajstić information content (AvgIpc) is 3.11. The number of amides is 1. The number of carbonyl (C=O) groups is 1. The predicted molar refractivity (Wildman–Crippen MR) is 139 cm³/mol. The Morgan fingerprint density at radius 1 is 1.16 bits per heavy atom. The van der Waals surface area contributed by atoms with E-state index in [2.05, 4.69) is 10.3 Å². The second kappa shape index (κ2) is 10.9. The topological polar surface area (TPSA) is 121 Å². The third-order valence-electron chi connectivity index (χ3n) is 6.91. The van der Waals surface area contributed by atoms with Crippen molar-refractivity contribution in [3.63, 3.8) is 0 Å². The highest BCUT2D eigenvalue weighted by atomic mass is 32.2. The average molecular weight is 532 g/mol. The molecule has 5 atom stereocenters. The van der Waals surface area contributed by atoms with Crippen molar-refractivity contribution in [2.45, 2.75) is 64.2 Å². The summed E-state index contributed by atoms with van der Waals surface area (Å²) in [6, 6.07) is 9.96. The lowest BCUT2D eigenvalue weighted by atomic mass is 9.76. The molecule has 0 radical (unpaired) electrons. The summed E-state index contributed by atoms with van der Waals surface area (Å²) in [4.78, 5) is 16.7. The van der Waals surface area contributed by atoms with Crippen molar-refractivity contribution in [2.24, 2.45) is 22.9 Å². The van der Waals surface area contributed by atoms with Crippen LogP contribution in [-0.2, 0) is 19.2 Å². The van der Waals surface area contributed by atoms with E-state index in [4.69, 9.17) is 14.1 Å². The Kier molecular flexibility index (Phi) is 8.01. The van der Waals surface area contributed by atoms with Gasteiger partial charge in [-0.15, -0.1) is 0 Å². The summed E-state index contributed by atoms with van der Waals surface area (Å²) >= 11 is 0. The number of hydrogen-bond acceptors (Lipinski definition) is 6. The number of nitrogens with zero attached hydrogens (tertiary/aromatic N) is 1. The molecule has 3 N–H and O–H groups in total. The fourth-order valence-corrected chi connectivity index (χ4v) is 6.05. The maximum atomic E-state index is 13.5. The van der Waals surface area contributed by atoms with Crippen LogP contribution in [0.5, 0.6) is 0 Å². The van der Waals surface area contributed by atoms with Crippen molar-refractivity contribution in [3.8, 4) is 11.1 Å². The third kappa shape index (κ3) is 7.59. The summed E-state index contributed by atoms with van der Waals surface area (Å²) in [6.07, 6.45) is 7.23. The highest BCUT2D eigenvalue weighted by Gasteiger charge is 2.47. The number of halogens is 1. The maximum absolute atomic E-state index is 13.5. The molecular formula is C27H34FN3O5S. The molecule has 37 heavy (non-hydrogen) atoms. The normalized spacial score (nSPS) is 26.1. The van der Waals surface area contributed by atoms with Crippen LogP contribution >= 0.6 is 0 Å². The van der Waals surface area contributed by atoms with Crippen LogP contribution in [-0.4, -0.2) is 37.2 Å². The molecule has 2 aliphatic carbocycles. The molecule has 1 heterocycles. The van der Waals surface area contributed by atoms with Gasteiger partial charge in [-0.1, -0.05) is 24.3 Å². The molecular weight excluding hydrogens is 497 g/mol. The minimum Gasteiger partial charge on any atom is -0.444 e. The molecule has 1 aromatic heterocycles. The second-order valence-electron chi connectivity index (χ2n) is 10.9. The SMILES string of the molecule is CC(C)(C)OC(=O)NC1CC[C@H]2C(C=Cc3ccc(-c4cccc(F)c4)cn3)[C@@H](OS(N)(=O)=O)C[C@@H]2C1. The van der Waals surface area contributed by atoms with Gasteiger partial charge in [0.05, 0.1) is 11.8 Å². The van der Waals surface area contributed by atoms with Gasteiger partial charge in [-0.05, 0) is 88.1 Å². The number of aromatic nitrogens is 1. The van der Waals surface area contributed by atoms with E-state index in [9.17, 15) is 17.6 Å². The lowest BCUT2D eigenvalue weighted by molar-refractivity contribution is 0.0473. The first-order valence-corrected chi connectivity index (χ1v) is 13.9. The number of nitrogens with two attached hydrogens (primary N) is 1. The van der Waals surface area contributed by atoms with Crippen LogP contribution in [0.3, 0.4) is 0 Å². The zero-order valence-corrected chi connectivity index (χ0v) is 22.1. The van der Waals surface area contributed by atoms with Gasteiger partial charge in [0.2, 0.25) is 0 Å². The van der Waals surface area contributed by atoms with Crippen LogP contribution in [0.1, 0.15) is 52.1 Å². The van der Waals surface area contributed by atoms with Crippen LogP contribution in [0.25, 0.3) is 17.2 Å². The Hall–Kier alpha value is -2.82. The number of benzene rings is 1. The van der Waals surface area contributed by atoms with Gasteiger partial charge < -0.3 is 10.1 Å². The molecule has 0 saturated heterocycles. The smallest absolute Gasteiger partial charge is 0.407 e. The third-order valence-corrected chi connectivity index (χ3v) is 7.43. The number of nitrogens with one attached hydrogen (secondary N) is 1. The van der Waals surface area contributed by atoms with Gasteiger partial charge in [-0.3, -0.25) is 9.17 Å². The first-order valence-electron chi connectivity index (χ1n) is 12.5. The Labute approximate surface area is 217 Å². The van der Waals surface area contributed by atoms with E-state index in [0.717, 1.165) is 24.0 Å². The van der Waals surface area contributed by atoms with Crippen LogP contribution in [0.4, 0.5) is 9.18 Å².